The van der Waals surface area contributed by atoms with E-state index >= 15 is 0 Å². The van der Waals surface area contributed by atoms with Crippen molar-refractivity contribution in [2.45, 2.75) is 32.4 Å². The van der Waals surface area contributed by atoms with Crippen LogP contribution in [0, 0.1) is 0 Å². The van der Waals surface area contributed by atoms with Crippen LogP contribution in [-0.4, -0.2) is 55.1 Å². The number of amides is 2. The van der Waals surface area contributed by atoms with Gasteiger partial charge in [-0.05, 0) is 13.8 Å². The number of piperazine rings is 1. The van der Waals surface area contributed by atoms with Crippen molar-refractivity contribution in [1.82, 2.24) is 10.2 Å². The van der Waals surface area contributed by atoms with Crippen molar-refractivity contribution in [3.05, 3.63) is 0 Å². The van der Waals surface area contributed by atoms with Crippen LogP contribution in [0.4, 0.5) is 0 Å². The third kappa shape index (κ3) is 3.67. The van der Waals surface area contributed by atoms with E-state index in [9.17, 15) is 9.59 Å². The first-order valence-electron chi connectivity index (χ1n) is 5.99. The monoisotopic (exact) mass is 243 g/mol. The lowest BCUT2D eigenvalue weighted by Gasteiger charge is -2.33. The SMILES string of the molecule is CCOC(CN)CC(=O)N1CCNC(=O)C1C. The summed E-state index contributed by atoms with van der Waals surface area (Å²) in [7, 11) is 0. The molecule has 3 N–H and O–H groups in total. The Hall–Kier alpha value is -1.14. The van der Waals surface area contributed by atoms with Gasteiger partial charge in [0.2, 0.25) is 11.8 Å². The summed E-state index contributed by atoms with van der Waals surface area (Å²) >= 11 is 0. The molecule has 0 aromatic rings. The summed E-state index contributed by atoms with van der Waals surface area (Å²) in [6.07, 6.45) is -0.0215. The number of nitrogens with one attached hydrogen (secondary N) is 1. The summed E-state index contributed by atoms with van der Waals surface area (Å²) in [6.45, 7) is 5.50. The van der Waals surface area contributed by atoms with Crippen molar-refractivity contribution in [2.24, 2.45) is 5.73 Å². The second-order valence-electron chi connectivity index (χ2n) is 4.07. The zero-order valence-corrected chi connectivity index (χ0v) is 10.4. The quantitative estimate of drug-likeness (QED) is 0.654. The average molecular weight is 243 g/mol. The molecule has 1 aliphatic heterocycles. The number of nitrogens with zero attached hydrogens (tertiary/aromatic N) is 1. The van der Waals surface area contributed by atoms with Gasteiger partial charge in [0.15, 0.2) is 0 Å². The van der Waals surface area contributed by atoms with Crippen LogP contribution in [-0.2, 0) is 14.3 Å². The van der Waals surface area contributed by atoms with Gasteiger partial charge in [-0.2, -0.15) is 0 Å². The maximum absolute atomic E-state index is 12.0. The van der Waals surface area contributed by atoms with E-state index in [1.54, 1.807) is 11.8 Å². The number of carbonyl (C=O) groups excluding carboxylic acids is 2. The molecule has 2 atom stereocenters. The Kier molecular flexibility index (Phi) is 5.37. The molecule has 2 amide bonds. The van der Waals surface area contributed by atoms with Crippen LogP contribution in [0.2, 0.25) is 0 Å². The van der Waals surface area contributed by atoms with Crippen molar-refractivity contribution >= 4 is 11.8 Å². The number of hydrogen-bond donors (Lipinski definition) is 2. The zero-order chi connectivity index (χ0) is 12.8. The highest BCUT2D eigenvalue weighted by Crippen LogP contribution is 2.09. The fraction of sp³-hybridized carbons (Fsp3) is 0.818. The second kappa shape index (κ2) is 6.56. The van der Waals surface area contributed by atoms with Crippen LogP contribution in [0.25, 0.3) is 0 Å². The Labute approximate surface area is 101 Å². The molecule has 1 heterocycles. The summed E-state index contributed by atoms with van der Waals surface area (Å²) in [5.41, 5.74) is 5.52. The Morgan fingerprint density at radius 3 is 3.00 bits per heavy atom. The molecule has 0 bridgehead atoms. The molecule has 17 heavy (non-hydrogen) atoms. The van der Waals surface area contributed by atoms with Crippen LogP contribution in [0.1, 0.15) is 20.3 Å². The van der Waals surface area contributed by atoms with Crippen LogP contribution < -0.4 is 11.1 Å². The second-order valence-corrected chi connectivity index (χ2v) is 4.07. The number of carbonyl (C=O) groups is 2. The van der Waals surface area contributed by atoms with Crippen molar-refractivity contribution < 1.29 is 14.3 Å². The first-order chi connectivity index (χ1) is 8.10. The molecule has 98 valence electrons. The molecule has 1 saturated heterocycles. The summed E-state index contributed by atoms with van der Waals surface area (Å²) < 4.78 is 5.34. The predicted octanol–water partition coefficient (Wildman–Crippen LogP) is -0.913. The molecule has 1 rings (SSSR count). The van der Waals surface area contributed by atoms with Gasteiger partial charge in [0, 0.05) is 26.2 Å². The molecule has 1 aliphatic rings. The van der Waals surface area contributed by atoms with E-state index in [1.807, 2.05) is 6.92 Å². The maximum atomic E-state index is 12.0. The molecule has 0 aliphatic carbocycles. The van der Waals surface area contributed by atoms with Crippen molar-refractivity contribution in [1.29, 1.82) is 0 Å². The first-order valence-corrected chi connectivity index (χ1v) is 5.99. The highest BCUT2D eigenvalue weighted by Gasteiger charge is 2.30. The molecular weight excluding hydrogens is 222 g/mol. The maximum Gasteiger partial charge on any atom is 0.242 e. The molecular formula is C11H21N3O3. The molecule has 0 spiro atoms. The minimum absolute atomic E-state index is 0.0729. The number of rotatable bonds is 5. The van der Waals surface area contributed by atoms with Gasteiger partial charge in [-0.3, -0.25) is 9.59 Å². The number of ether oxygens (including phenoxy) is 1. The van der Waals surface area contributed by atoms with E-state index in [4.69, 9.17) is 10.5 Å². The lowest BCUT2D eigenvalue weighted by molar-refractivity contribution is -0.144. The van der Waals surface area contributed by atoms with E-state index in [0.717, 1.165) is 0 Å². The van der Waals surface area contributed by atoms with Crippen molar-refractivity contribution in [3.63, 3.8) is 0 Å². The van der Waals surface area contributed by atoms with Crippen LogP contribution in [0.5, 0.6) is 0 Å². The van der Waals surface area contributed by atoms with Gasteiger partial charge < -0.3 is 20.7 Å². The van der Waals surface area contributed by atoms with Gasteiger partial charge >= 0.3 is 0 Å². The van der Waals surface area contributed by atoms with Gasteiger partial charge in [-0.25, -0.2) is 0 Å². The fourth-order valence-corrected chi connectivity index (χ4v) is 1.88. The lowest BCUT2D eigenvalue weighted by atomic mass is 10.1. The molecule has 6 nitrogen and oxygen atoms in total. The van der Waals surface area contributed by atoms with E-state index in [1.165, 1.54) is 0 Å². The van der Waals surface area contributed by atoms with Crippen LogP contribution in [0.15, 0.2) is 0 Å². The van der Waals surface area contributed by atoms with Crippen LogP contribution >= 0.6 is 0 Å². The molecule has 6 heteroatoms. The molecule has 2 unspecified atom stereocenters. The van der Waals surface area contributed by atoms with Crippen molar-refractivity contribution in [3.8, 4) is 0 Å². The number of nitrogens with two attached hydrogens (primary N) is 1. The molecule has 0 aromatic carbocycles. The Bertz CT molecular complexity index is 283. The molecule has 0 aromatic heterocycles. The molecule has 1 fully saturated rings. The van der Waals surface area contributed by atoms with E-state index in [2.05, 4.69) is 5.32 Å². The average Bonchev–Trinajstić information content (AvgIpc) is 2.31. The topological polar surface area (TPSA) is 84.7 Å². The van der Waals surface area contributed by atoms with Gasteiger partial charge in [0.1, 0.15) is 6.04 Å². The zero-order valence-electron chi connectivity index (χ0n) is 10.4. The Morgan fingerprint density at radius 2 is 2.41 bits per heavy atom. The van der Waals surface area contributed by atoms with Gasteiger partial charge in [-0.15, -0.1) is 0 Å². The lowest BCUT2D eigenvalue weighted by Crippen LogP contribution is -2.56. The summed E-state index contributed by atoms with van der Waals surface area (Å²) in [5.74, 6) is -0.179. The van der Waals surface area contributed by atoms with E-state index in [-0.39, 0.29) is 24.3 Å². The predicted molar refractivity (Wildman–Crippen MR) is 63.3 cm³/mol. The Balaban J connectivity index is 2.53. The standard InChI is InChI=1S/C11H21N3O3/c1-3-17-9(7-12)6-10(15)14-5-4-13-11(16)8(14)2/h8-9H,3-7,12H2,1-2H3,(H,13,16). The third-order valence-electron chi connectivity index (χ3n) is 2.89. The summed E-state index contributed by atoms with van der Waals surface area (Å²) in [6, 6.07) is -0.406. The normalized spacial score (nSPS) is 22.2. The Morgan fingerprint density at radius 1 is 1.71 bits per heavy atom. The molecule has 0 radical (unpaired) electrons. The minimum atomic E-state index is -0.406. The fourth-order valence-electron chi connectivity index (χ4n) is 1.88. The highest BCUT2D eigenvalue weighted by molar-refractivity contribution is 5.88. The van der Waals surface area contributed by atoms with E-state index < -0.39 is 6.04 Å². The van der Waals surface area contributed by atoms with Crippen molar-refractivity contribution in [2.75, 3.05) is 26.2 Å². The molecule has 0 saturated carbocycles. The smallest absolute Gasteiger partial charge is 0.242 e. The van der Waals surface area contributed by atoms with Crippen LogP contribution in [0.3, 0.4) is 0 Å². The summed E-state index contributed by atoms with van der Waals surface area (Å²) in [5, 5.41) is 2.72. The largest absolute Gasteiger partial charge is 0.377 e. The summed E-state index contributed by atoms with van der Waals surface area (Å²) in [4.78, 5) is 25.0. The number of hydrogen-bond acceptors (Lipinski definition) is 4. The minimum Gasteiger partial charge on any atom is -0.377 e. The van der Waals surface area contributed by atoms with Gasteiger partial charge in [0.05, 0.1) is 12.5 Å². The third-order valence-corrected chi connectivity index (χ3v) is 2.89. The van der Waals surface area contributed by atoms with Gasteiger partial charge in [-0.1, -0.05) is 0 Å². The first kappa shape index (κ1) is 13.9. The van der Waals surface area contributed by atoms with Gasteiger partial charge in [0.25, 0.3) is 0 Å². The van der Waals surface area contributed by atoms with E-state index in [0.29, 0.717) is 26.2 Å². The highest BCUT2D eigenvalue weighted by atomic mass is 16.5.